The van der Waals surface area contributed by atoms with E-state index in [1.807, 2.05) is 37.3 Å². The Morgan fingerprint density at radius 2 is 1.80 bits per heavy atom. The van der Waals surface area contributed by atoms with Crippen molar-refractivity contribution in [2.45, 2.75) is 32.2 Å². The lowest BCUT2D eigenvalue weighted by atomic mass is 10.1. The Labute approximate surface area is 147 Å². The van der Waals surface area contributed by atoms with Gasteiger partial charge in [-0.3, -0.25) is 9.59 Å². The Hall–Kier alpha value is -2.69. The van der Waals surface area contributed by atoms with E-state index in [4.69, 9.17) is 4.74 Å². The second-order valence-electron chi connectivity index (χ2n) is 5.96. The van der Waals surface area contributed by atoms with Crippen molar-refractivity contribution >= 4 is 11.9 Å². The lowest BCUT2D eigenvalue weighted by Gasteiger charge is -2.14. The molecule has 0 unspecified atom stereocenters. The van der Waals surface area contributed by atoms with Crippen LogP contribution in [0, 0.1) is 5.82 Å². The lowest BCUT2D eigenvalue weighted by molar-refractivity contribution is -0.148. The third-order valence-corrected chi connectivity index (χ3v) is 3.72. The second-order valence-corrected chi connectivity index (χ2v) is 5.96. The fourth-order valence-corrected chi connectivity index (χ4v) is 2.43. The molecule has 0 aliphatic heterocycles. The summed E-state index contributed by atoms with van der Waals surface area (Å²) in [6.45, 7) is 1.58. The first-order chi connectivity index (χ1) is 12.0. The summed E-state index contributed by atoms with van der Waals surface area (Å²) in [5, 5.41) is 2.80. The molecule has 132 valence electrons. The topological polar surface area (TPSA) is 55.4 Å². The van der Waals surface area contributed by atoms with Crippen molar-refractivity contribution < 1.29 is 18.7 Å². The first-order valence-electron chi connectivity index (χ1n) is 8.26. The third-order valence-electron chi connectivity index (χ3n) is 3.72. The molecule has 1 N–H and O–H groups in total. The molecule has 1 atom stereocenters. The first kappa shape index (κ1) is 18.6. The van der Waals surface area contributed by atoms with Gasteiger partial charge in [-0.25, -0.2) is 4.39 Å². The summed E-state index contributed by atoms with van der Waals surface area (Å²) in [6.07, 6.45) is 1.60. The number of carbonyl (C=O) groups is 2. The van der Waals surface area contributed by atoms with Gasteiger partial charge in [-0.15, -0.1) is 0 Å². The maximum atomic E-state index is 13.1. The highest BCUT2D eigenvalue weighted by molar-refractivity contribution is 5.81. The van der Waals surface area contributed by atoms with Crippen molar-refractivity contribution in [3.63, 3.8) is 0 Å². The lowest BCUT2D eigenvalue weighted by Crippen LogP contribution is -2.36. The minimum Gasteiger partial charge on any atom is -0.455 e. The summed E-state index contributed by atoms with van der Waals surface area (Å²) < 4.78 is 18.0. The Morgan fingerprint density at radius 3 is 2.52 bits per heavy atom. The van der Waals surface area contributed by atoms with Gasteiger partial charge in [0.1, 0.15) is 5.82 Å². The van der Waals surface area contributed by atoms with Gasteiger partial charge in [0.2, 0.25) is 0 Å². The fourth-order valence-electron chi connectivity index (χ4n) is 2.43. The number of carbonyl (C=O) groups excluding carboxylic acids is 2. The van der Waals surface area contributed by atoms with E-state index in [9.17, 15) is 14.0 Å². The standard InChI is InChI=1S/C20H22FNO3/c1-15(10-11-16-6-3-2-4-7-16)22-19(23)14-25-20(24)13-17-8-5-9-18(21)12-17/h2-9,12,15H,10-11,13-14H2,1H3,(H,22,23)/t15-/m1/s1. The molecule has 25 heavy (non-hydrogen) atoms. The maximum Gasteiger partial charge on any atom is 0.310 e. The van der Waals surface area contributed by atoms with Crippen LogP contribution in [0.3, 0.4) is 0 Å². The van der Waals surface area contributed by atoms with E-state index >= 15 is 0 Å². The summed E-state index contributed by atoms with van der Waals surface area (Å²) >= 11 is 0. The van der Waals surface area contributed by atoms with Crippen molar-refractivity contribution in [3.8, 4) is 0 Å². The minimum atomic E-state index is -0.558. The maximum absolute atomic E-state index is 13.1. The SMILES string of the molecule is C[C@H](CCc1ccccc1)NC(=O)COC(=O)Cc1cccc(F)c1. The molecule has 0 spiro atoms. The van der Waals surface area contributed by atoms with Crippen molar-refractivity contribution in [2.75, 3.05) is 6.61 Å². The number of nitrogens with one attached hydrogen (secondary N) is 1. The zero-order chi connectivity index (χ0) is 18.1. The number of ether oxygens (including phenoxy) is 1. The summed E-state index contributed by atoms with van der Waals surface area (Å²) in [7, 11) is 0. The third kappa shape index (κ3) is 7.16. The van der Waals surface area contributed by atoms with Crippen LogP contribution in [0.2, 0.25) is 0 Å². The summed E-state index contributed by atoms with van der Waals surface area (Å²) in [6, 6.07) is 15.7. The number of aryl methyl sites for hydroxylation is 1. The normalized spacial score (nSPS) is 11.6. The predicted molar refractivity (Wildman–Crippen MR) is 93.4 cm³/mol. The molecule has 4 nitrogen and oxygen atoms in total. The molecular formula is C20H22FNO3. The Morgan fingerprint density at radius 1 is 1.08 bits per heavy atom. The summed E-state index contributed by atoms with van der Waals surface area (Å²) in [5.74, 6) is -1.30. The number of hydrogen-bond donors (Lipinski definition) is 1. The molecule has 1 amide bonds. The second kappa shape index (κ2) is 9.57. The van der Waals surface area contributed by atoms with Gasteiger partial charge in [-0.2, -0.15) is 0 Å². The van der Waals surface area contributed by atoms with Crippen LogP contribution in [0.1, 0.15) is 24.5 Å². The Bertz CT molecular complexity index is 703. The van der Waals surface area contributed by atoms with Crippen LogP contribution < -0.4 is 5.32 Å². The van der Waals surface area contributed by atoms with E-state index in [0.717, 1.165) is 12.8 Å². The molecule has 0 aromatic heterocycles. The number of halogens is 1. The molecule has 2 aromatic carbocycles. The van der Waals surface area contributed by atoms with Gasteiger partial charge in [0.05, 0.1) is 6.42 Å². The van der Waals surface area contributed by atoms with Gasteiger partial charge >= 0.3 is 5.97 Å². The van der Waals surface area contributed by atoms with Crippen molar-refractivity contribution in [3.05, 3.63) is 71.5 Å². The quantitative estimate of drug-likeness (QED) is 0.750. The number of benzene rings is 2. The van der Waals surface area contributed by atoms with E-state index in [1.165, 1.54) is 23.8 Å². The van der Waals surface area contributed by atoms with Gasteiger partial charge in [0.15, 0.2) is 6.61 Å². The van der Waals surface area contributed by atoms with Gasteiger partial charge < -0.3 is 10.1 Å². The van der Waals surface area contributed by atoms with Crippen LogP contribution >= 0.6 is 0 Å². The van der Waals surface area contributed by atoms with Crippen LogP contribution in [0.25, 0.3) is 0 Å². The monoisotopic (exact) mass is 343 g/mol. The molecule has 0 bridgehead atoms. The molecule has 0 fully saturated rings. The van der Waals surface area contributed by atoms with E-state index in [2.05, 4.69) is 5.32 Å². The van der Waals surface area contributed by atoms with Crippen LogP contribution in [-0.4, -0.2) is 24.5 Å². The van der Waals surface area contributed by atoms with Crippen molar-refractivity contribution in [2.24, 2.45) is 0 Å². The molecule has 0 saturated carbocycles. The van der Waals surface area contributed by atoms with Crippen LogP contribution in [-0.2, 0) is 27.2 Å². The zero-order valence-electron chi connectivity index (χ0n) is 14.2. The van der Waals surface area contributed by atoms with Crippen LogP contribution in [0.5, 0.6) is 0 Å². The predicted octanol–water partition coefficient (Wildman–Crippen LogP) is 3.05. The highest BCUT2D eigenvalue weighted by Crippen LogP contribution is 2.06. The summed E-state index contributed by atoms with van der Waals surface area (Å²) in [4.78, 5) is 23.5. The van der Waals surface area contributed by atoms with Crippen LogP contribution in [0.4, 0.5) is 4.39 Å². The number of hydrogen-bond acceptors (Lipinski definition) is 3. The van der Waals surface area contributed by atoms with E-state index in [-0.39, 0.29) is 25.0 Å². The Kier molecular flexibility index (Phi) is 7.14. The molecule has 0 saturated heterocycles. The summed E-state index contributed by atoms with van der Waals surface area (Å²) in [5.41, 5.74) is 1.73. The van der Waals surface area contributed by atoms with Crippen LogP contribution in [0.15, 0.2) is 54.6 Å². The molecule has 0 aliphatic carbocycles. The molecule has 2 rings (SSSR count). The van der Waals surface area contributed by atoms with Gasteiger partial charge in [0.25, 0.3) is 5.91 Å². The minimum absolute atomic E-state index is 0.0189. The fraction of sp³-hybridized carbons (Fsp3) is 0.300. The smallest absolute Gasteiger partial charge is 0.310 e. The molecular weight excluding hydrogens is 321 g/mol. The average Bonchev–Trinajstić information content (AvgIpc) is 2.59. The molecule has 0 heterocycles. The van der Waals surface area contributed by atoms with Crippen molar-refractivity contribution in [1.29, 1.82) is 0 Å². The number of esters is 1. The Balaban J connectivity index is 1.66. The molecule has 2 aromatic rings. The average molecular weight is 343 g/mol. The highest BCUT2D eigenvalue weighted by atomic mass is 19.1. The highest BCUT2D eigenvalue weighted by Gasteiger charge is 2.11. The number of amides is 1. The first-order valence-corrected chi connectivity index (χ1v) is 8.26. The van der Waals surface area contributed by atoms with Gasteiger partial charge in [-0.1, -0.05) is 42.5 Å². The van der Waals surface area contributed by atoms with Gasteiger partial charge in [-0.05, 0) is 43.0 Å². The largest absolute Gasteiger partial charge is 0.455 e. The molecule has 5 heteroatoms. The van der Waals surface area contributed by atoms with E-state index in [0.29, 0.717) is 5.56 Å². The van der Waals surface area contributed by atoms with Crippen molar-refractivity contribution in [1.82, 2.24) is 5.32 Å². The van der Waals surface area contributed by atoms with E-state index < -0.39 is 11.8 Å². The zero-order valence-corrected chi connectivity index (χ0v) is 14.2. The molecule has 0 aliphatic rings. The molecule has 0 radical (unpaired) electrons. The number of rotatable bonds is 8. The van der Waals surface area contributed by atoms with Gasteiger partial charge in [0, 0.05) is 6.04 Å². The van der Waals surface area contributed by atoms with E-state index in [1.54, 1.807) is 6.07 Å².